The van der Waals surface area contributed by atoms with Gasteiger partial charge >= 0.3 is 0 Å². The molecule has 0 saturated heterocycles. The number of rotatable bonds is 15. The molecule has 0 radical (unpaired) electrons. The van der Waals surface area contributed by atoms with Crippen LogP contribution in [-0.2, 0) is 26.2 Å². The summed E-state index contributed by atoms with van der Waals surface area (Å²) in [6, 6.07) is 15.6. The van der Waals surface area contributed by atoms with Gasteiger partial charge in [-0.15, -0.1) is 0 Å². The number of nitro groups is 1. The third-order valence-electron chi connectivity index (χ3n) is 7.09. The van der Waals surface area contributed by atoms with Gasteiger partial charge in [-0.3, -0.25) is 24.0 Å². The highest BCUT2D eigenvalue weighted by Gasteiger charge is 2.33. The molecular weight excluding hydrogens is 588 g/mol. The lowest BCUT2D eigenvalue weighted by Gasteiger charge is -2.32. The summed E-state index contributed by atoms with van der Waals surface area (Å²) in [6.45, 7) is 4.81. The zero-order chi connectivity index (χ0) is 32.4. The van der Waals surface area contributed by atoms with Crippen LogP contribution in [0.15, 0.2) is 71.6 Å². The van der Waals surface area contributed by atoms with Crippen molar-refractivity contribution in [3.05, 3.63) is 88.0 Å². The first-order valence-electron chi connectivity index (χ1n) is 14.0. The molecule has 44 heavy (non-hydrogen) atoms. The van der Waals surface area contributed by atoms with Crippen LogP contribution in [0.5, 0.6) is 11.5 Å². The molecule has 3 rings (SSSR count). The number of hydrogen-bond donors (Lipinski definition) is 1. The van der Waals surface area contributed by atoms with Crippen molar-refractivity contribution >= 4 is 33.2 Å². The van der Waals surface area contributed by atoms with Gasteiger partial charge in [0, 0.05) is 24.7 Å². The Morgan fingerprint density at radius 3 is 2.30 bits per heavy atom. The quantitative estimate of drug-likeness (QED) is 0.148. The van der Waals surface area contributed by atoms with Crippen LogP contribution in [-0.4, -0.2) is 63.4 Å². The number of carbonyl (C=O) groups excluding carboxylic acids is 2. The van der Waals surface area contributed by atoms with Gasteiger partial charge in [0.15, 0.2) is 0 Å². The van der Waals surface area contributed by atoms with Crippen molar-refractivity contribution in [1.82, 2.24) is 10.2 Å². The van der Waals surface area contributed by atoms with E-state index in [1.165, 1.54) is 62.4 Å². The van der Waals surface area contributed by atoms with E-state index in [1.54, 1.807) is 31.2 Å². The number of benzene rings is 3. The molecule has 3 aromatic rings. The van der Waals surface area contributed by atoms with E-state index in [2.05, 4.69) is 5.32 Å². The lowest BCUT2D eigenvalue weighted by Crippen LogP contribution is -2.51. The van der Waals surface area contributed by atoms with Crippen LogP contribution in [0.25, 0.3) is 0 Å². The number of nitrogens with zero attached hydrogens (tertiary/aromatic N) is 3. The second-order valence-corrected chi connectivity index (χ2v) is 12.0. The number of carbonyl (C=O) groups is 2. The summed E-state index contributed by atoms with van der Waals surface area (Å²) in [7, 11) is -1.53. The van der Waals surface area contributed by atoms with Crippen molar-refractivity contribution < 1.29 is 32.4 Å². The predicted octanol–water partition coefficient (Wildman–Crippen LogP) is 4.45. The molecular formula is C31H38N4O8S. The molecule has 236 valence electrons. The highest BCUT2D eigenvalue weighted by molar-refractivity contribution is 7.92. The SMILES string of the molecule is CCCCNC(=O)C(C)N(Cc1cccc(OC)c1)C(=O)CN(c1ccc(OC)cc1)S(=O)(=O)c1ccc(C)c([N+](=O)[O-])c1. The normalized spacial score (nSPS) is 11.8. The number of amides is 2. The van der Waals surface area contributed by atoms with Crippen molar-refractivity contribution in [3.63, 3.8) is 0 Å². The fourth-order valence-electron chi connectivity index (χ4n) is 4.44. The maximum absolute atomic E-state index is 14.1. The monoisotopic (exact) mass is 626 g/mol. The van der Waals surface area contributed by atoms with E-state index < -0.39 is 33.4 Å². The Morgan fingerprint density at radius 2 is 1.68 bits per heavy atom. The molecule has 3 aromatic carbocycles. The minimum Gasteiger partial charge on any atom is -0.497 e. The van der Waals surface area contributed by atoms with Gasteiger partial charge in [-0.1, -0.05) is 31.5 Å². The number of ether oxygens (including phenoxy) is 2. The lowest BCUT2D eigenvalue weighted by atomic mass is 10.1. The third kappa shape index (κ3) is 8.25. The third-order valence-corrected chi connectivity index (χ3v) is 8.86. The molecule has 0 fully saturated rings. The number of aryl methyl sites for hydroxylation is 1. The summed E-state index contributed by atoms with van der Waals surface area (Å²) >= 11 is 0. The zero-order valence-corrected chi connectivity index (χ0v) is 26.3. The number of unbranched alkanes of at least 4 members (excludes halogenated alkanes) is 1. The molecule has 0 spiro atoms. The van der Waals surface area contributed by atoms with Crippen LogP contribution in [0, 0.1) is 17.0 Å². The second kappa shape index (κ2) is 15.2. The predicted molar refractivity (Wildman–Crippen MR) is 166 cm³/mol. The van der Waals surface area contributed by atoms with E-state index in [0.29, 0.717) is 23.6 Å². The first-order chi connectivity index (χ1) is 20.9. The molecule has 0 heterocycles. The lowest BCUT2D eigenvalue weighted by molar-refractivity contribution is -0.385. The standard InChI is InChI=1S/C31H38N4O8S/c1-6-7-17-32-31(37)23(3)33(20-24-9-8-10-27(18-24)43-5)30(36)21-34(25-12-14-26(42-4)15-13-25)44(40,41)28-16-11-22(2)29(19-28)35(38)39/h8-16,18-19,23H,6-7,17,20-21H2,1-5H3,(H,32,37). The van der Waals surface area contributed by atoms with Crippen LogP contribution in [0.3, 0.4) is 0 Å². The van der Waals surface area contributed by atoms with E-state index in [1.807, 2.05) is 6.92 Å². The molecule has 0 aliphatic carbocycles. The van der Waals surface area contributed by atoms with E-state index in [-0.39, 0.29) is 34.3 Å². The first kappa shape index (κ1) is 33.8. The van der Waals surface area contributed by atoms with Crippen LogP contribution < -0.4 is 19.1 Å². The molecule has 0 aliphatic rings. The van der Waals surface area contributed by atoms with E-state index in [0.717, 1.165) is 23.2 Å². The van der Waals surface area contributed by atoms with Crippen LogP contribution in [0.1, 0.15) is 37.8 Å². The zero-order valence-electron chi connectivity index (χ0n) is 25.5. The molecule has 1 N–H and O–H groups in total. The molecule has 12 nitrogen and oxygen atoms in total. The van der Waals surface area contributed by atoms with Crippen LogP contribution >= 0.6 is 0 Å². The van der Waals surface area contributed by atoms with Gasteiger partial charge in [0.2, 0.25) is 11.8 Å². The van der Waals surface area contributed by atoms with Gasteiger partial charge in [0.25, 0.3) is 15.7 Å². The van der Waals surface area contributed by atoms with E-state index in [9.17, 15) is 28.1 Å². The summed E-state index contributed by atoms with van der Waals surface area (Å²) in [5, 5.41) is 14.4. The molecule has 0 aromatic heterocycles. The highest BCUT2D eigenvalue weighted by Crippen LogP contribution is 2.29. The second-order valence-electron chi connectivity index (χ2n) is 10.1. The minimum absolute atomic E-state index is 0.00903. The number of sulfonamides is 1. The minimum atomic E-state index is -4.50. The van der Waals surface area contributed by atoms with Gasteiger partial charge in [-0.2, -0.15) is 0 Å². The van der Waals surface area contributed by atoms with Crippen LogP contribution in [0.2, 0.25) is 0 Å². The Kier molecular flexibility index (Phi) is 11.7. The Morgan fingerprint density at radius 1 is 1.00 bits per heavy atom. The summed E-state index contributed by atoms with van der Waals surface area (Å²) in [5.74, 6) is -0.0338. The highest BCUT2D eigenvalue weighted by atomic mass is 32.2. The van der Waals surface area contributed by atoms with E-state index in [4.69, 9.17) is 9.47 Å². The molecule has 13 heteroatoms. The van der Waals surface area contributed by atoms with Crippen molar-refractivity contribution in [3.8, 4) is 11.5 Å². The molecule has 1 atom stereocenters. The van der Waals surface area contributed by atoms with Gasteiger partial charge in [-0.25, -0.2) is 8.42 Å². The van der Waals surface area contributed by atoms with Crippen molar-refractivity contribution in [2.75, 3.05) is 31.6 Å². The fraction of sp³-hybridized carbons (Fsp3) is 0.355. The van der Waals surface area contributed by atoms with E-state index >= 15 is 0 Å². The summed E-state index contributed by atoms with van der Waals surface area (Å²) in [5.41, 5.74) is 0.709. The maximum Gasteiger partial charge on any atom is 0.273 e. The Balaban J connectivity index is 2.07. The number of methoxy groups -OCH3 is 2. The molecule has 0 aliphatic heterocycles. The smallest absolute Gasteiger partial charge is 0.273 e. The average molecular weight is 627 g/mol. The van der Waals surface area contributed by atoms with Gasteiger partial charge in [0.05, 0.1) is 29.7 Å². The first-order valence-corrected chi connectivity index (χ1v) is 15.5. The maximum atomic E-state index is 14.1. The molecule has 0 saturated carbocycles. The van der Waals surface area contributed by atoms with Crippen molar-refractivity contribution in [2.24, 2.45) is 0 Å². The fourth-order valence-corrected chi connectivity index (χ4v) is 5.87. The Bertz CT molecular complexity index is 1580. The summed E-state index contributed by atoms with van der Waals surface area (Å²) in [6.07, 6.45) is 1.63. The van der Waals surface area contributed by atoms with Gasteiger partial charge in [-0.05, 0) is 68.3 Å². The summed E-state index contributed by atoms with van der Waals surface area (Å²) in [4.78, 5) is 39.1. The number of nitrogens with one attached hydrogen (secondary N) is 1. The van der Waals surface area contributed by atoms with Gasteiger partial charge < -0.3 is 19.7 Å². The Labute approximate surface area is 257 Å². The number of nitro benzene ring substituents is 1. The Hall–Kier alpha value is -4.65. The molecule has 1 unspecified atom stereocenters. The number of anilines is 1. The van der Waals surface area contributed by atoms with Crippen molar-refractivity contribution in [1.29, 1.82) is 0 Å². The molecule has 2 amide bonds. The summed E-state index contributed by atoms with van der Waals surface area (Å²) < 4.78 is 39.5. The van der Waals surface area contributed by atoms with Gasteiger partial charge in [0.1, 0.15) is 24.1 Å². The average Bonchev–Trinajstić information content (AvgIpc) is 3.02. The topological polar surface area (TPSA) is 148 Å². The largest absolute Gasteiger partial charge is 0.497 e. The van der Waals surface area contributed by atoms with Crippen molar-refractivity contribution in [2.45, 2.75) is 51.1 Å². The molecule has 0 bridgehead atoms. The number of hydrogen-bond acceptors (Lipinski definition) is 8. The van der Waals surface area contributed by atoms with Crippen LogP contribution in [0.4, 0.5) is 11.4 Å².